The van der Waals surface area contributed by atoms with Crippen molar-refractivity contribution in [3.05, 3.63) is 65.5 Å². The zero-order chi connectivity index (χ0) is 20.1. The molecule has 148 valence electrons. The number of ether oxygens (including phenoxy) is 1. The maximum absolute atomic E-state index is 13.6. The largest absolute Gasteiger partial charge is 0.454 e. The number of hydrogen-bond donors (Lipinski definition) is 0. The van der Waals surface area contributed by atoms with E-state index in [4.69, 9.17) is 4.74 Å². The van der Waals surface area contributed by atoms with Gasteiger partial charge in [-0.1, -0.05) is 18.6 Å². The summed E-state index contributed by atoms with van der Waals surface area (Å²) in [5, 5.41) is 0. The molecule has 2 aromatic rings. The van der Waals surface area contributed by atoms with Crippen molar-refractivity contribution in [2.75, 3.05) is 19.7 Å². The molecule has 1 fully saturated rings. The highest BCUT2D eigenvalue weighted by molar-refractivity contribution is 7.89. The summed E-state index contributed by atoms with van der Waals surface area (Å²) in [6.07, 6.45) is 2.68. The fourth-order valence-corrected chi connectivity index (χ4v) is 4.51. The number of rotatable bonds is 6. The molecule has 28 heavy (non-hydrogen) atoms. The number of piperidine rings is 1. The number of esters is 1. The van der Waals surface area contributed by atoms with E-state index in [0.29, 0.717) is 13.1 Å². The highest BCUT2D eigenvalue weighted by Crippen LogP contribution is 2.21. The molecule has 2 aromatic carbocycles. The maximum atomic E-state index is 13.6. The average Bonchev–Trinajstić information content (AvgIpc) is 2.73. The first kappa shape index (κ1) is 20.2. The van der Waals surface area contributed by atoms with Gasteiger partial charge >= 0.3 is 5.97 Å². The molecule has 0 bridgehead atoms. The Morgan fingerprint density at radius 1 is 0.964 bits per heavy atom. The lowest BCUT2D eigenvalue weighted by atomic mass is 10.1. The second-order valence-electron chi connectivity index (χ2n) is 6.47. The van der Waals surface area contributed by atoms with Crippen LogP contribution < -0.4 is 0 Å². The van der Waals surface area contributed by atoms with Crippen LogP contribution in [0.2, 0.25) is 0 Å². The molecule has 1 aliphatic rings. The molecule has 6 nitrogen and oxygen atoms in total. The number of ketones is 1. The van der Waals surface area contributed by atoms with Crippen LogP contribution >= 0.6 is 0 Å². The van der Waals surface area contributed by atoms with E-state index in [1.54, 1.807) is 0 Å². The Morgan fingerprint density at radius 2 is 1.61 bits per heavy atom. The van der Waals surface area contributed by atoms with Crippen molar-refractivity contribution in [2.24, 2.45) is 0 Å². The zero-order valence-corrected chi connectivity index (χ0v) is 16.0. The van der Waals surface area contributed by atoms with Crippen LogP contribution in [0.3, 0.4) is 0 Å². The van der Waals surface area contributed by atoms with Gasteiger partial charge in [-0.2, -0.15) is 4.31 Å². The molecule has 0 unspecified atom stereocenters. The predicted molar refractivity (Wildman–Crippen MR) is 100 cm³/mol. The van der Waals surface area contributed by atoms with Gasteiger partial charge in [-0.15, -0.1) is 0 Å². The molecule has 0 saturated carbocycles. The van der Waals surface area contributed by atoms with Crippen molar-refractivity contribution in [3.63, 3.8) is 0 Å². The number of hydrogen-bond acceptors (Lipinski definition) is 5. The smallest absolute Gasteiger partial charge is 0.338 e. The van der Waals surface area contributed by atoms with Crippen LogP contribution in [0.1, 0.15) is 40.0 Å². The molecule has 8 heteroatoms. The van der Waals surface area contributed by atoms with E-state index in [9.17, 15) is 22.4 Å². The molecule has 0 N–H and O–H groups in total. The van der Waals surface area contributed by atoms with Crippen LogP contribution in [0.25, 0.3) is 0 Å². The molecule has 3 rings (SSSR count). The minimum Gasteiger partial charge on any atom is -0.454 e. The predicted octanol–water partition coefficient (Wildman–Crippen LogP) is 3.04. The lowest BCUT2D eigenvalue weighted by molar-refractivity contribution is 0.0473. The summed E-state index contributed by atoms with van der Waals surface area (Å²) in [5.74, 6) is -2.13. The summed E-state index contributed by atoms with van der Waals surface area (Å²) in [6.45, 7) is 0.377. The summed E-state index contributed by atoms with van der Waals surface area (Å²) >= 11 is 0. The lowest BCUT2D eigenvalue weighted by Crippen LogP contribution is -2.35. The number of sulfonamides is 1. The van der Waals surface area contributed by atoms with E-state index >= 15 is 0 Å². The molecule has 0 aliphatic carbocycles. The Labute approximate surface area is 163 Å². The first-order valence-corrected chi connectivity index (χ1v) is 10.4. The molecule has 0 aromatic heterocycles. The summed E-state index contributed by atoms with van der Waals surface area (Å²) < 4.78 is 45.1. The van der Waals surface area contributed by atoms with E-state index in [2.05, 4.69) is 0 Å². The lowest BCUT2D eigenvalue weighted by Gasteiger charge is -2.25. The van der Waals surface area contributed by atoms with Gasteiger partial charge in [0.25, 0.3) is 0 Å². The summed E-state index contributed by atoms with van der Waals surface area (Å²) in [5.41, 5.74) is -0.0443. The Balaban J connectivity index is 1.64. The highest BCUT2D eigenvalue weighted by Gasteiger charge is 2.26. The van der Waals surface area contributed by atoms with Crippen molar-refractivity contribution >= 4 is 21.8 Å². The number of benzene rings is 2. The molecule has 0 radical (unpaired) electrons. The fourth-order valence-electron chi connectivity index (χ4n) is 3.00. The number of nitrogens with zero attached hydrogens (tertiary/aromatic N) is 1. The maximum Gasteiger partial charge on any atom is 0.338 e. The highest BCUT2D eigenvalue weighted by atomic mass is 32.2. The molecule has 1 saturated heterocycles. The van der Waals surface area contributed by atoms with Gasteiger partial charge in [-0.25, -0.2) is 17.6 Å². The molecular formula is C20H20FNO5S. The quantitative estimate of drug-likeness (QED) is 0.545. The normalized spacial score (nSPS) is 15.2. The van der Waals surface area contributed by atoms with E-state index in [-0.39, 0.29) is 16.0 Å². The van der Waals surface area contributed by atoms with Gasteiger partial charge in [0.05, 0.1) is 16.0 Å². The molecule has 0 spiro atoms. The van der Waals surface area contributed by atoms with Crippen LogP contribution in [0.4, 0.5) is 4.39 Å². The fraction of sp³-hybridized carbons (Fsp3) is 0.300. The molecule has 0 amide bonds. The monoisotopic (exact) mass is 405 g/mol. The van der Waals surface area contributed by atoms with Crippen LogP contribution in [0.5, 0.6) is 0 Å². The summed E-state index contributed by atoms with van der Waals surface area (Å²) in [6, 6.07) is 10.8. The summed E-state index contributed by atoms with van der Waals surface area (Å²) in [4.78, 5) is 24.2. The van der Waals surface area contributed by atoms with E-state index in [1.165, 1.54) is 46.8 Å². The molecule has 1 aliphatic heterocycles. The third-order valence-electron chi connectivity index (χ3n) is 4.55. The van der Waals surface area contributed by atoms with Gasteiger partial charge in [0.2, 0.25) is 15.8 Å². The van der Waals surface area contributed by atoms with Crippen LogP contribution in [0, 0.1) is 5.82 Å². The second kappa shape index (κ2) is 8.62. The number of carbonyl (C=O) groups excluding carboxylic acids is 2. The Hall–Kier alpha value is -2.58. The summed E-state index contributed by atoms with van der Waals surface area (Å²) in [7, 11) is -3.59. The van der Waals surface area contributed by atoms with Gasteiger partial charge < -0.3 is 4.74 Å². The standard InChI is InChI=1S/C20H20FNO5S/c21-18-7-3-2-6-17(18)19(23)14-27-20(24)15-8-10-16(11-9-15)28(25,26)22-12-4-1-5-13-22/h2-3,6-11H,1,4-5,12-14H2. The van der Waals surface area contributed by atoms with Crippen molar-refractivity contribution in [3.8, 4) is 0 Å². The van der Waals surface area contributed by atoms with Crippen LogP contribution in [-0.2, 0) is 14.8 Å². The minimum absolute atomic E-state index is 0.105. The van der Waals surface area contributed by atoms with Crippen molar-refractivity contribution in [1.29, 1.82) is 0 Å². The van der Waals surface area contributed by atoms with Gasteiger partial charge in [0.1, 0.15) is 5.82 Å². The Morgan fingerprint density at radius 3 is 2.25 bits per heavy atom. The number of halogens is 1. The van der Waals surface area contributed by atoms with E-state index < -0.39 is 34.2 Å². The van der Waals surface area contributed by atoms with Gasteiger partial charge in [-0.05, 0) is 49.2 Å². The van der Waals surface area contributed by atoms with Gasteiger partial charge in [0.15, 0.2) is 6.61 Å². The zero-order valence-electron chi connectivity index (χ0n) is 15.1. The number of Topliss-reactive ketones (excluding diaryl/α,β-unsaturated/α-hetero) is 1. The van der Waals surface area contributed by atoms with Crippen LogP contribution in [-0.4, -0.2) is 44.2 Å². The van der Waals surface area contributed by atoms with E-state index in [0.717, 1.165) is 25.3 Å². The van der Waals surface area contributed by atoms with Crippen molar-refractivity contribution in [1.82, 2.24) is 4.31 Å². The van der Waals surface area contributed by atoms with Crippen molar-refractivity contribution < 1.29 is 27.1 Å². The Kier molecular flexibility index (Phi) is 6.21. The molecule has 0 atom stereocenters. The van der Waals surface area contributed by atoms with Crippen LogP contribution in [0.15, 0.2) is 53.4 Å². The third-order valence-corrected chi connectivity index (χ3v) is 6.46. The Bertz CT molecular complexity index is 966. The average molecular weight is 405 g/mol. The van der Waals surface area contributed by atoms with Gasteiger partial charge in [-0.3, -0.25) is 4.79 Å². The third kappa shape index (κ3) is 4.45. The topological polar surface area (TPSA) is 80.8 Å². The van der Waals surface area contributed by atoms with Gasteiger partial charge in [0, 0.05) is 13.1 Å². The van der Waals surface area contributed by atoms with Crippen molar-refractivity contribution in [2.45, 2.75) is 24.2 Å². The first-order chi connectivity index (χ1) is 13.4. The molecule has 1 heterocycles. The SMILES string of the molecule is O=C(OCC(=O)c1ccccc1F)c1ccc(S(=O)(=O)N2CCCCC2)cc1. The second-order valence-corrected chi connectivity index (χ2v) is 8.41. The molecular weight excluding hydrogens is 385 g/mol. The van der Waals surface area contributed by atoms with E-state index in [1.807, 2.05) is 0 Å². The first-order valence-electron chi connectivity index (χ1n) is 8.94. The number of carbonyl (C=O) groups is 2. The minimum atomic E-state index is -3.59.